The highest BCUT2D eigenvalue weighted by molar-refractivity contribution is 9.10. The molecule has 0 saturated heterocycles. The number of carbonyl (C=O) groups excluding carboxylic acids is 2. The second kappa shape index (κ2) is 15.6. The first-order valence-corrected chi connectivity index (χ1v) is 18.2. The predicted octanol–water partition coefficient (Wildman–Crippen LogP) is 7.69. The Balaban J connectivity index is 1.60. The van der Waals surface area contributed by atoms with Gasteiger partial charge in [0.25, 0.3) is 0 Å². The highest BCUT2D eigenvalue weighted by Crippen LogP contribution is 2.64. The molecule has 0 radical (unpaired) electrons. The molecule has 4 aromatic rings. The number of benzene rings is 3. The smallest absolute Gasteiger partial charge is 0.404 e. The third-order valence-electron chi connectivity index (χ3n) is 7.25. The van der Waals surface area contributed by atoms with Crippen LogP contribution in [0.3, 0.4) is 0 Å². The highest BCUT2D eigenvalue weighted by atomic mass is 79.9. The molecule has 0 amide bonds. The molecule has 4 rings (SSSR count). The molecule has 0 fully saturated rings. The molecule has 1 atom stereocenters. The molecule has 0 aliphatic carbocycles. The minimum Gasteiger partial charge on any atom is -0.482 e. The molecule has 3 aromatic carbocycles. The number of carbonyl (C=O) groups is 2. The van der Waals surface area contributed by atoms with E-state index in [9.17, 15) is 23.8 Å². The maximum Gasteiger partial charge on any atom is 0.404 e. The maximum absolute atomic E-state index is 15.4. The van der Waals surface area contributed by atoms with E-state index in [0.717, 1.165) is 11.6 Å². The van der Waals surface area contributed by atoms with Crippen molar-refractivity contribution in [2.75, 3.05) is 13.4 Å². The number of ether oxygens (including phenoxy) is 3. The fourth-order valence-corrected chi connectivity index (χ4v) is 6.41. The van der Waals surface area contributed by atoms with Gasteiger partial charge in [-0.15, -0.1) is 0 Å². The van der Waals surface area contributed by atoms with Crippen LogP contribution >= 0.6 is 23.5 Å². The topological polar surface area (TPSA) is 135 Å². The standard InChI is InChI=1S/C36H40BrF2N2O9P/c1-34(2,3)32(43)48-23-49-51(45,46)36(38,39)28-17-12-25(18-29(28)37)20-41-30(21-40(33(41)44)19-24-10-8-7-9-11-24)26-13-15-27(16-14-26)47-22-31(42)50-35(4,5)6/h7-18,21H,19-20,22-23H2,1-6H3,(H,45,46). The van der Waals surface area contributed by atoms with E-state index in [2.05, 4.69) is 20.5 Å². The third-order valence-corrected chi connectivity index (χ3v) is 9.31. The average Bonchev–Trinajstić information content (AvgIpc) is 3.33. The van der Waals surface area contributed by atoms with Crippen LogP contribution in [0.25, 0.3) is 11.3 Å². The fourth-order valence-electron chi connectivity index (χ4n) is 4.73. The van der Waals surface area contributed by atoms with Gasteiger partial charge in [-0.3, -0.25) is 23.0 Å². The van der Waals surface area contributed by atoms with Crippen molar-refractivity contribution in [2.45, 2.75) is 65.9 Å². The van der Waals surface area contributed by atoms with Gasteiger partial charge in [-0.2, -0.15) is 8.78 Å². The van der Waals surface area contributed by atoms with E-state index in [1.807, 2.05) is 30.3 Å². The quantitative estimate of drug-likeness (QED) is 0.0821. The first-order chi connectivity index (χ1) is 23.7. The molecule has 15 heteroatoms. The van der Waals surface area contributed by atoms with E-state index in [-0.39, 0.29) is 29.9 Å². The highest BCUT2D eigenvalue weighted by Gasteiger charge is 2.54. The molecule has 1 aromatic heterocycles. The lowest BCUT2D eigenvalue weighted by atomic mass is 9.98. The van der Waals surface area contributed by atoms with Crippen molar-refractivity contribution in [1.29, 1.82) is 0 Å². The van der Waals surface area contributed by atoms with E-state index in [1.165, 1.54) is 42.0 Å². The van der Waals surface area contributed by atoms with Crippen LogP contribution in [-0.4, -0.2) is 45.0 Å². The largest absolute Gasteiger partial charge is 0.482 e. The number of rotatable bonds is 13. The Kier molecular flexibility index (Phi) is 12.2. The molecule has 0 aliphatic heterocycles. The van der Waals surface area contributed by atoms with Crippen molar-refractivity contribution in [3.63, 3.8) is 0 Å². The lowest BCUT2D eigenvalue weighted by Gasteiger charge is -2.24. The Morgan fingerprint density at radius 3 is 2.14 bits per heavy atom. The van der Waals surface area contributed by atoms with Gasteiger partial charge < -0.3 is 19.1 Å². The minimum absolute atomic E-state index is 0.0483. The zero-order valence-corrected chi connectivity index (χ0v) is 31.5. The normalized spacial score (nSPS) is 13.4. The maximum atomic E-state index is 15.4. The second-order valence-corrected chi connectivity index (χ2v) is 16.4. The van der Waals surface area contributed by atoms with E-state index in [0.29, 0.717) is 22.6 Å². The van der Waals surface area contributed by atoms with Gasteiger partial charge in [-0.25, -0.2) is 9.59 Å². The fraction of sp³-hybridized carbons (Fsp3) is 0.361. The number of hydrogen-bond acceptors (Lipinski definition) is 8. The van der Waals surface area contributed by atoms with Crippen molar-refractivity contribution in [2.24, 2.45) is 5.41 Å². The summed E-state index contributed by atoms with van der Waals surface area (Å²) < 4.78 is 66.3. The number of halogens is 3. The van der Waals surface area contributed by atoms with Crippen molar-refractivity contribution in [1.82, 2.24) is 9.13 Å². The van der Waals surface area contributed by atoms with Crippen LogP contribution in [0.4, 0.5) is 8.78 Å². The molecular weight excluding hydrogens is 753 g/mol. The van der Waals surface area contributed by atoms with Gasteiger partial charge in [0.1, 0.15) is 11.4 Å². The third kappa shape index (κ3) is 10.2. The molecule has 274 valence electrons. The van der Waals surface area contributed by atoms with Crippen LogP contribution < -0.4 is 10.4 Å². The number of alkyl halides is 2. The van der Waals surface area contributed by atoms with E-state index in [4.69, 9.17) is 14.2 Å². The summed E-state index contributed by atoms with van der Waals surface area (Å²) in [6.07, 6.45) is 1.69. The number of nitrogens with zero attached hydrogens (tertiary/aromatic N) is 2. The summed E-state index contributed by atoms with van der Waals surface area (Å²) in [5.74, 6) is -0.921. The Bertz CT molecular complexity index is 1970. The van der Waals surface area contributed by atoms with Crippen molar-refractivity contribution in [3.8, 4) is 17.0 Å². The summed E-state index contributed by atoms with van der Waals surface area (Å²) >= 11 is 3.09. The van der Waals surface area contributed by atoms with Gasteiger partial charge in [0.15, 0.2) is 6.61 Å². The molecule has 1 heterocycles. The van der Waals surface area contributed by atoms with Crippen LogP contribution in [0, 0.1) is 5.41 Å². The van der Waals surface area contributed by atoms with Gasteiger partial charge in [-0.05, 0) is 83.0 Å². The van der Waals surface area contributed by atoms with Crippen LogP contribution in [-0.2, 0) is 46.9 Å². The van der Waals surface area contributed by atoms with Gasteiger partial charge in [0, 0.05) is 21.8 Å². The molecule has 1 N–H and O–H groups in total. The molecule has 0 spiro atoms. The Morgan fingerprint density at radius 1 is 0.902 bits per heavy atom. The molecule has 0 bridgehead atoms. The van der Waals surface area contributed by atoms with Crippen LogP contribution in [0.1, 0.15) is 58.2 Å². The van der Waals surface area contributed by atoms with E-state index >= 15 is 8.78 Å². The minimum atomic E-state index is -5.68. The summed E-state index contributed by atoms with van der Waals surface area (Å²) in [7, 11) is -5.68. The van der Waals surface area contributed by atoms with Crippen molar-refractivity contribution < 1.29 is 46.6 Å². The monoisotopic (exact) mass is 792 g/mol. The Hall–Kier alpha value is -4.10. The van der Waals surface area contributed by atoms with Gasteiger partial charge >= 0.3 is 30.9 Å². The zero-order chi connectivity index (χ0) is 37.8. The van der Waals surface area contributed by atoms with Crippen LogP contribution in [0.15, 0.2) is 88.3 Å². The molecule has 11 nitrogen and oxygen atoms in total. The zero-order valence-electron chi connectivity index (χ0n) is 29.0. The summed E-state index contributed by atoms with van der Waals surface area (Å²) in [6.45, 7) is 8.63. The first kappa shape index (κ1) is 39.7. The van der Waals surface area contributed by atoms with Crippen LogP contribution in [0.2, 0.25) is 0 Å². The molecule has 1 unspecified atom stereocenters. The number of aromatic nitrogens is 2. The van der Waals surface area contributed by atoms with Gasteiger partial charge in [0.05, 0.1) is 24.2 Å². The number of imidazole rings is 1. The summed E-state index contributed by atoms with van der Waals surface area (Å²) in [4.78, 5) is 48.0. The van der Waals surface area contributed by atoms with Gasteiger partial charge in [0.2, 0.25) is 6.79 Å². The first-order valence-electron chi connectivity index (χ1n) is 15.8. The molecule has 51 heavy (non-hydrogen) atoms. The van der Waals surface area contributed by atoms with Crippen molar-refractivity contribution in [3.05, 3.63) is 111 Å². The summed E-state index contributed by atoms with van der Waals surface area (Å²) in [6, 6.07) is 19.7. The molecule has 0 saturated carbocycles. The molecular formula is C36H40BrF2N2O9P. The van der Waals surface area contributed by atoms with Crippen molar-refractivity contribution >= 4 is 35.5 Å². The number of esters is 2. The second-order valence-electron chi connectivity index (χ2n) is 13.7. The SMILES string of the molecule is CC(C)(C)OC(=O)COc1ccc(-c2cn(Cc3ccccc3)c(=O)n2Cc2ccc(C(F)(F)P(=O)(O)OCOC(=O)C(C)(C)C)c(Br)c2)cc1. The Morgan fingerprint density at radius 2 is 1.55 bits per heavy atom. The molecule has 0 aliphatic rings. The average molecular weight is 794 g/mol. The van der Waals surface area contributed by atoms with Gasteiger partial charge in [-0.1, -0.05) is 58.4 Å². The summed E-state index contributed by atoms with van der Waals surface area (Å²) in [5, 5.41) is 0. The lowest BCUT2D eigenvalue weighted by molar-refractivity contribution is -0.160. The predicted molar refractivity (Wildman–Crippen MR) is 189 cm³/mol. The lowest BCUT2D eigenvalue weighted by Crippen LogP contribution is -2.27. The number of hydrogen-bond donors (Lipinski definition) is 1. The van der Waals surface area contributed by atoms with E-state index < -0.39 is 48.6 Å². The summed E-state index contributed by atoms with van der Waals surface area (Å²) in [5.41, 5.74) is -4.77. The van der Waals surface area contributed by atoms with E-state index in [1.54, 1.807) is 51.2 Å². The Labute approximate surface area is 302 Å². The van der Waals surface area contributed by atoms with Crippen LogP contribution in [0.5, 0.6) is 5.75 Å².